The lowest BCUT2D eigenvalue weighted by Gasteiger charge is -2.10. The van der Waals surface area contributed by atoms with Gasteiger partial charge in [0.1, 0.15) is 0 Å². The quantitative estimate of drug-likeness (QED) is 0.772. The molecule has 0 aliphatic carbocycles. The Morgan fingerprint density at radius 3 is 2.55 bits per heavy atom. The number of thiophene rings is 1. The highest BCUT2D eigenvalue weighted by Gasteiger charge is 2.33. The molecule has 5 heteroatoms. The third-order valence-electron chi connectivity index (χ3n) is 3.64. The molecule has 0 fully saturated rings. The zero-order valence-corrected chi connectivity index (χ0v) is 12.0. The summed E-state index contributed by atoms with van der Waals surface area (Å²) in [6.45, 7) is 4.10. The number of nitrogens with one attached hydrogen (secondary N) is 1. The van der Waals surface area contributed by atoms with Crippen LogP contribution in [0.4, 0.5) is 18.9 Å². The Hall–Kier alpha value is -1.49. The van der Waals surface area contributed by atoms with Gasteiger partial charge >= 0.3 is 6.18 Å². The van der Waals surface area contributed by atoms with Crippen LogP contribution >= 0.6 is 11.3 Å². The van der Waals surface area contributed by atoms with Gasteiger partial charge in [0.05, 0.1) is 11.6 Å². The molecular formula is C15H14F3NS. The number of hydrogen-bond donors (Lipinski definition) is 1. The number of halogens is 3. The number of alkyl halides is 3. The molecule has 0 saturated carbocycles. The van der Waals surface area contributed by atoms with Crippen molar-refractivity contribution >= 4 is 17.0 Å². The van der Waals surface area contributed by atoms with Crippen molar-refractivity contribution in [1.82, 2.24) is 0 Å². The van der Waals surface area contributed by atoms with E-state index in [2.05, 4.69) is 18.3 Å². The zero-order valence-electron chi connectivity index (χ0n) is 11.1. The van der Waals surface area contributed by atoms with Crippen molar-refractivity contribution in [2.24, 2.45) is 0 Å². The van der Waals surface area contributed by atoms with Crippen LogP contribution in [0.2, 0.25) is 0 Å². The van der Waals surface area contributed by atoms with Crippen LogP contribution in [0.15, 0.2) is 24.3 Å². The molecular weight excluding hydrogens is 283 g/mol. The van der Waals surface area contributed by atoms with E-state index in [4.69, 9.17) is 0 Å². The Bertz CT molecular complexity index is 658. The number of rotatable bonds is 1. The van der Waals surface area contributed by atoms with Crippen LogP contribution in [0.25, 0.3) is 0 Å². The van der Waals surface area contributed by atoms with Crippen LogP contribution in [0.5, 0.6) is 0 Å². The van der Waals surface area contributed by atoms with E-state index in [1.165, 1.54) is 27.5 Å². The summed E-state index contributed by atoms with van der Waals surface area (Å²) in [6.07, 6.45) is -3.67. The molecule has 1 aromatic heterocycles. The maximum atomic E-state index is 12.7. The first-order valence-corrected chi connectivity index (χ1v) is 7.20. The maximum Gasteiger partial charge on any atom is 0.416 e. The Labute approximate surface area is 119 Å². The second kappa shape index (κ2) is 4.52. The van der Waals surface area contributed by atoms with E-state index in [9.17, 15) is 13.2 Å². The predicted octanol–water partition coefficient (Wildman–Crippen LogP) is 5.09. The molecule has 0 radical (unpaired) electrons. The van der Waals surface area contributed by atoms with Gasteiger partial charge < -0.3 is 5.32 Å². The second-order valence-corrected chi connectivity index (χ2v) is 6.60. The molecule has 1 aliphatic heterocycles. The predicted molar refractivity (Wildman–Crippen MR) is 75.3 cm³/mol. The lowest BCUT2D eigenvalue weighted by atomic mass is 10.0. The first kappa shape index (κ1) is 13.5. The van der Waals surface area contributed by atoms with Gasteiger partial charge in [-0.05, 0) is 55.7 Å². The normalized spacial score (nSPS) is 17.9. The average Bonchev–Trinajstić information content (AvgIpc) is 2.89. The summed E-state index contributed by atoms with van der Waals surface area (Å²) in [4.78, 5) is 2.45. The first-order valence-electron chi connectivity index (χ1n) is 6.38. The van der Waals surface area contributed by atoms with Crippen molar-refractivity contribution in [3.63, 3.8) is 0 Å². The third kappa shape index (κ3) is 2.30. The summed E-state index contributed by atoms with van der Waals surface area (Å²) in [7, 11) is 0. The number of anilines is 1. The van der Waals surface area contributed by atoms with Gasteiger partial charge in [0.15, 0.2) is 0 Å². The Morgan fingerprint density at radius 1 is 1.20 bits per heavy atom. The smallest absolute Gasteiger partial charge is 0.378 e. The average molecular weight is 297 g/mol. The van der Waals surface area contributed by atoms with Gasteiger partial charge in [-0.25, -0.2) is 0 Å². The van der Waals surface area contributed by atoms with Crippen LogP contribution in [0, 0.1) is 13.8 Å². The number of aryl methyl sites for hydroxylation is 2. The van der Waals surface area contributed by atoms with E-state index >= 15 is 0 Å². The van der Waals surface area contributed by atoms with Crippen LogP contribution in [-0.2, 0) is 12.6 Å². The van der Waals surface area contributed by atoms with Crippen molar-refractivity contribution in [3.8, 4) is 0 Å². The number of hydrogen-bond acceptors (Lipinski definition) is 2. The van der Waals surface area contributed by atoms with Crippen LogP contribution < -0.4 is 5.32 Å². The van der Waals surface area contributed by atoms with Gasteiger partial charge in [0.25, 0.3) is 0 Å². The van der Waals surface area contributed by atoms with Gasteiger partial charge in [-0.1, -0.05) is 0 Å². The summed E-state index contributed by atoms with van der Waals surface area (Å²) < 4.78 is 38.2. The fourth-order valence-electron chi connectivity index (χ4n) is 2.72. The minimum atomic E-state index is -4.28. The molecule has 20 heavy (non-hydrogen) atoms. The molecule has 2 aromatic rings. The van der Waals surface area contributed by atoms with Crippen LogP contribution in [0.3, 0.4) is 0 Å². The van der Waals surface area contributed by atoms with Gasteiger partial charge in [-0.2, -0.15) is 13.2 Å². The third-order valence-corrected chi connectivity index (χ3v) is 4.62. The minimum Gasteiger partial charge on any atom is -0.378 e. The van der Waals surface area contributed by atoms with Crippen LogP contribution in [-0.4, -0.2) is 0 Å². The molecule has 106 valence electrons. The molecule has 1 aliphatic rings. The van der Waals surface area contributed by atoms with Crippen molar-refractivity contribution in [3.05, 3.63) is 50.7 Å². The Balaban J connectivity index is 1.91. The molecule has 1 nitrogen and oxygen atoms in total. The molecule has 1 unspecified atom stereocenters. The molecule has 0 amide bonds. The lowest BCUT2D eigenvalue weighted by molar-refractivity contribution is -0.137. The molecule has 0 spiro atoms. The van der Waals surface area contributed by atoms with Crippen molar-refractivity contribution < 1.29 is 13.2 Å². The summed E-state index contributed by atoms with van der Waals surface area (Å²) in [5.41, 5.74) is 2.17. The van der Waals surface area contributed by atoms with E-state index in [0.29, 0.717) is 6.42 Å². The van der Waals surface area contributed by atoms with Gasteiger partial charge in [0, 0.05) is 15.4 Å². The van der Waals surface area contributed by atoms with Crippen molar-refractivity contribution in [2.75, 3.05) is 5.32 Å². The summed E-state index contributed by atoms with van der Waals surface area (Å²) in [5, 5.41) is 3.32. The summed E-state index contributed by atoms with van der Waals surface area (Å²) in [5.74, 6) is 0. The minimum absolute atomic E-state index is 0.0819. The van der Waals surface area contributed by atoms with Crippen molar-refractivity contribution in [1.29, 1.82) is 0 Å². The van der Waals surface area contributed by atoms with E-state index in [-0.39, 0.29) is 6.04 Å². The second-order valence-electron chi connectivity index (χ2n) is 5.14. The molecule has 3 rings (SSSR count). The fourth-order valence-corrected chi connectivity index (χ4v) is 3.71. The Morgan fingerprint density at radius 2 is 1.95 bits per heavy atom. The highest BCUT2D eigenvalue weighted by atomic mass is 32.1. The van der Waals surface area contributed by atoms with Crippen molar-refractivity contribution in [2.45, 2.75) is 32.5 Å². The zero-order chi connectivity index (χ0) is 14.5. The monoisotopic (exact) mass is 297 g/mol. The lowest BCUT2D eigenvalue weighted by Crippen LogP contribution is -2.05. The summed E-state index contributed by atoms with van der Waals surface area (Å²) >= 11 is 1.72. The van der Waals surface area contributed by atoms with Gasteiger partial charge in [-0.15, -0.1) is 11.3 Å². The molecule has 0 saturated heterocycles. The summed E-state index contributed by atoms with van der Waals surface area (Å²) in [6, 6.07) is 6.14. The van der Waals surface area contributed by atoms with E-state index in [0.717, 1.165) is 17.3 Å². The highest BCUT2D eigenvalue weighted by Crippen LogP contribution is 2.40. The van der Waals surface area contributed by atoms with E-state index < -0.39 is 11.7 Å². The van der Waals surface area contributed by atoms with Crippen LogP contribution in [0.1, 0.15) is 32.5 Å². The van der Waals surface area contributed by atoms with E-state index in [1.54, 1.807) is 11.3 Å². The maximum absolute atomic E-state index is 12.7. The molecule has 0 bridgehead atoms. The van der Waals surface area contributed by atoms with E-state index in [1.807, 2.05) is 6.92 Å². The highest BCUT2D eigenvalue weighted by molar-refractivity contribution is 7.12. The molecule has 1 aromatic carbocycles. The standard InChI is InChI=1S/C15H14F3NS/c1-8-5-12(9(2)20-8)14-7-10-6-11(15(16,17)18)3-4-13(10)19-14/h3-6,14,19H,7H2,1-2H3. The number of benzene rings is 1. The topological polar surface area (TPSA) is 12.0 Å². The number of fused-ring (bicyclic) bond motifs is 1. The molecule has 2 heterocycles. The first-order chi connectivity index (χ1) is 9.34. The molecule has 1 atom stereocenters. The SMILES string of the molecule is Cc1cc(C2Cc3cc(C(F)(F)F)ccc3N2)c(C)s1. The van der Waals surface area contributed by atoms with Gasteiger partial charge in [-0.3, -0.25) is 0 Å². The van der Waals surface area contributed by atoms with Gasteiger partial charge in [0.2, 0.25) is 0 Å². The largest absolute Gasteiger partial charge is 0.416 e. The molecule has 1 N–H and O–H groups in total. The fraction of sp³-hybridized carbons (Fsp3) is 0.333. The Kier molecular flexibility index (Phi) is 3.05.